The Hall–Kier alpha value is -2.55. The standard InChI is InChI=1S/C18H22N2O4/c1-12-5-3-7-16(13(12)2)20-17(21)11-24-18(22)14(10-19)9-15-6-4-8-23-15/h4,6,8-9,12-13,16H,3,5,7,11H2,1-2H3,(H,20,21)/b14-9+/t12-,13-,16-/m1/s1. The molecule has 24 heavy (non-hydrogen) atoms. The first-order valence-electron chi connectivity index (χ1n) is 8.13. The van der Waals surface area contributed by atoms with Crippen molar-refractivity contribution in [3.63, 3.8) is 0 Å². The van der Waals surface area contributed by atoms with Crippen LogP contribution in [0.4, 0.5) is 0 Å². The summed E-state index contributed by atoms with van der Waals surface area (Å²) in [5, 5.41) is 11.9. The molecule has 0 unspecified atom stereocenters. The molecule has 6 heteroatoms. The smallest absolute Gasteiger partial charge is 0.349 e. The van der Waals surface area contributed by atoms with Gasteiger partial charge in [0.1, 0.15) is 17.4 Å². The van der Waals surface area contributed by atoms with Crippen LogP contribution in [-0.2, 0) is 14.3 Å². The van der Waals surface area contributed by atoms with Gasteiger partial charge in [-0.3, -0.25) is 4.79 Å². The lowest BCUT2D eigenvalue weighted by Gasteiger charge is -2.34. The van der Waals surface area contributed by atoms with E-state index in [-0.39, 0.29) is 17.5 Å². The van der Waals surface area contributed by atoms with Crippen molar-refractivity contribution in [1.29, 1.82) is 5.26 Å². The highest BCUT2D eigenvalue weighted by atomic mass is 16.5. The van der Waals surface area contributed by atoms with Crippen molar-refractivity contribution in [3.8, 4) is 6.07 Å². The van der Waals surface area contributed by atoms with Gasteiger partial charge in [-0.2, -0.15) is 5.26 Å². The van der Waals surface area contributed by atoms with Crippen LogP contribution in [-0.4, -0.2) is 24.5 Å². The van der Waals surface area contributed by atoms with Gasteiger partial charge in [0, 0.05) is 12.1 Å². The lowest BCUT2D eigenvalue weighted by molar-refractivity contribution is -0.144. The van der Waals surface area contributed by atoms with Gasteiger partial charge in [-0.15, -0.1) is 0 Å². The Bertz CT molecular complexity index is 642. The Kier molecular flexibility index (Phi) is 6.19. The number of hydrogen-bond donors (Lipinski definition) is 1. The van der Waals surface area contributed by atoms with Crippen molar-refractivity contribution < 1.29 is 18.7 Å². The molecule has 1 aliphatic rings. The molecular formula is C18H22N2O4. The summed E-state index contributed by atoms with van der Waals surface area (Å²) in [7, 11) is 0. The Morgan fingerprint density at radius 1 is 1.46 bits per heavy atom. The second-order valence-corrected chi connectivity index (χ2v) is 6.20. The monoisotopic (exact) mass is 330 g/mol. The van der Waals surface area contributed by atoms with Crippen molar-refractivity contribution >= 4 is 18.0 Å². The van der Waals surface area contributed by atoms with Crippen molar-refractivity contribution in [2.24, 2.45) is 11.8 Å². The van der Waals surface area contributed by atoms with E-state index in [4.69, 9.17) is 14.4 Å². The summed E-state index contributed by atoms with van der Waals surface area (Å²) in [6.45, 7) is 3.91. The zero-order valence-electron chi connectivity index (χ0n) is 14.0. The SMILES string of the molecule is C[C@@H]1[C@H](C)CCC[C@H]1NC(=O)COC(=O)/C(C#N)=C/c1ccco1. The van der Waals surface area contributed by atoms with Crippen molar-refractivity contribution in [2.45, 2.75) is 39.2 Å². The molecule has 6 nitrogen and oxygen atoms in total. The molecular weight excluding hydrogens is 308 g/mol. The first-order chi connectivity index (χ1) is 11.5. The van der Waals surface area contributed by atoms with Crippen LogP contribution in [0.3, 0.4) is 0 Å². The fourth-order valence-corrected chi connectivity index (χ4v) is 2.90. The molecule has 1 saturated carbocycles. The second kappa shape index (κ2) is 8.34. The fourth-order valence-electron chi connectivity index (χ4n) is 2.90. The quantitative estimate of drug-likeness (QED) is 0.509. The molecule has 0 spiro atoms. The Labute approximate surface area is 141 Å². The van der Waals surface area contributed by atoms with E-state index in [2.05, 4.69) is 19.2 Å². The zero-order chi connectivity index (χ0) is 17.5. The third-order valence-corrected chi connectivity index (χ3v) is 4.56. The average molecular weight is 330 g/mol. The molecule has 0 aromatic carbocycles. The number of amides is 1. The summed E-state index contributed by atoms with van der Waals surface area (Å²) in [4.78, 5) is 23.9. The number of carbonyl (C=O) groups is 2. The third-order valence-electron chi connectivity index (χ3n) is 4.56. The van der Waals surface area contributed by atoms with E-state index in [1.54, 1.807) is 18.2 Å². The van der Waals surface area contributed by atoms with Gasteiger partial charge in [-0.25, -0.2) is 4.79 Å². The minimum atomic E-state index is -0.839. The van der Waals surface area contributed by atoms with Crippen LogP contribution in [0.5, 0.6) is 0 Å². The first-order valence-corrected chi connectivity index (χ1v) is 8.13. The Morgan fingerprint density at radius 2 is 2.25 bits per heavy atom. The maximum Gasteiger partial charge on any atom is 0.349 e. The van der Waals surface area contributed by atoms with Crippen molar-refractivity contribution in [2.75, 3.05) is 6.61 Å². The first kappa shape index (κ1) is 17.8. The van der Waals surface area contributed by atoms with Gasteiger partial charge in [-0.1, -0.05) is 26.7 Å². The van der Waals surface area contributed by atoms with Crippen LogP contribution >= 0.6 is 0 Å². The van der Waals surface area contributed by atoms with Crippen LogP contribution in [0.15, 0.2) is 28.4 Å². The molecule has 128 valence electrons. The minimum absolute atomic E-state index is 0.106. The molecule has 1 heterocycles. The van der Waals surface area contributed by atoms with Crippen LogP contribution in [0.25, 0.3) is 6.08 Å². The van der Waals surface area contributed by atoms with Crippen LogP contribution in [0.1, 0.15) is 38.9 Å². The number of furan rings is 1. The van der Waals surface area contributed by atoms with E-state index in [9.17, 15) is 9.59 Å². The van der Waals surface area contributed by atoms with Gasteiger partial charge >= 0.3 is 5.97 Å². The molecule has 0 radical (unpaired) electrons. The number of nitrogens with one attached hydrogen (secondary N) is 1. The van der Waals surface area contributed by atoms with E-state index < -0.39 is 12.6 Å². The molecule has 1 N–H and O–H groups in total. The van der Waals surface area contributed by atoms with Gasteiger partial charge in [0.15, 0.2) is 6.61 Å². The number of nitrogens with zero attached hydrogens (tertiary/aromatic N) is 1. The van der Waals surface area contributed by atoms with Gasteiger partial charge in [-0.05, 0) is 30.4 Å². The Morgan fingerprint density at radius 3 is 2.92 bits per heavy atom. The predicted octanol–water partition coefficient (Wildman–Crippen LogP) is 2.67. The molecule has 1 fully saturated rings. The number of carbonyl (C=O) groups excluding carboxylic acids is 2. The number of esters is 1. The molecule has 0 bridgehead atoms. The van der Waals surface area contributed by atoms with Crippen molar-refractivity contribution in [1.82, 2.24) is 5.32 Å². The average Bonchev–Trinajstić information content (AvgIpc) is 3.08. The van der Waals surface area contributed by atoms with Gasteiger partial charge < -0.3 is 14.5 Å². The highest BCUT2D eigenvalue weighted by Crippen LogP contribution is 2.29. The zero-order valence-corrected chi connectivity index (χ0v) is 14.0. The molecule has 3 atom stereocenters. The van der Waals surface area contributed by atoms with E-state index in [0.29, 0.717) is 17.6 Å². The minimum Gasteiger partial charge on any atom is -0.465 e. The highest BCUT2D eigenvalue weighted by molar-refractivity contribution is 5.98. The summed E-state index contributed by atoms with van der Waals surface area (Å²) >= 11 is 0. The largest absolute Gasteiger partial charge is 0.465 e. The third kappa shape index (κ3) is 4.72. The predicted molar refractivity (Wildman–Crippen MR) is 87.4 cm³/mol. The molecule has 2 rings (SSSR count). The van der Waals surface area contributed by atoms with Crippen LogP contribution in [0.2, 0.25) is 0 Å². The molecule has 1 aliphatic carbocycles. The van der Waals surface area contributed by atoms with E-state index in [1.165, 1.54) is 18.8 Å². The summed E-state index contributed by atoms with van der Waals surface area (Å²) < 4.78 is 9.98. The number of nitriles is 1. The highest BCUT2D eigenvalue weighted by Gasteiger charge is 2.28. The normalized spacial score (nSPS) is 24.0. The molecule has 1 aromatic rings. The maximum atomic E-state index is 12.0. The van der Waals surface area contributed by atoms with Crippen molar-refractivity contribution in [3.05, 3.63) is 29.7 Å². The molecule has 1 amide bonds. The second-order valence-electron chi connectivity index (χ2n) is 6.20. The van der Waals surface area contributed by atoms with Crippen LogP contribution < -0.4 is 5.32 Å². The molecule has 0 saturated heterocycles. The summed E-state index contributed by atoms with van der Waals surface area (Å²) in [5.74, 6) is 0.150. The maximum absolute atomic E-state index is 12.0. The number of ether oxygens (including phenoxy) is 1. The number of rotatable bonds is 5. The van der Waals surface area contributed by atoms with Gasteiger partial charge in [0.05, 0.1) is 6.26 Å². The molecule has 0 aliphatic heterocycles. The number of hydrogen-bond acceptors (Lipinski definition) is 5. The van der Waals surface area contributed by atoms with E-state index in [1.807, 2.05) is 0 Å². The molecule has 1 aromatic heterocycles. The summed E-state index contributed by atoms with van der Waals surface area (Å²) in [6, 6.07) is 5.12. The lowest BCUT2D eigenvalue weighted by atomic mass is 9.78. The van der Waals surface area contributed by atoms with E-state index in [0.717, 1.165) is 12.8 Å². The van der Waals surface area contributed by atoms with Gasteiger partial charge in [0.2, 0.25) is 0 Å². The summed E-state index contributed by atoms with van der Waals surface area (Å²) in [6.07, 6.45) is 5.91. The van der Waals surface area contributed by atoms with E-state index >= 15 is 0 Å². The lowest BCUT2D eigenvalue weighted by Crippen LogP contribution is -2.45. The van der Waals surface area contributed by atoms with Gasteiger partial charge in [0.25, 0.3) is 5.91 Å². The summed E-state index contributed by atoms with van der Waals surface area (Å²) in [5.41, 5.74) is -0.211. The fraction of sp³-hybridized carbons (Fsp3) is 0.500. The Balaban J connectivity index is 1.84. The van der Waals surface area contributed by atoms with Crippen LogP contribution in [0, 0.1) is 23.2 Å². The topological polar surface area (TPSA) is 92.3 Å².